The molecule has 0 unspecified atom stereocenters. The molecular weight excluding hydrogens is 210 g/mol. The Morgan fingerprint density at radius 2 is 2.33 bits per heavy atom. The van der Waals surface area contributed by atoms with Gasteiger partial charge in [0.25, 0.3) is 5.22 Å². The molecule has 3 nitrogen and oxygen atoms in total. The average Bonchev–Trinajstić information content (AvgIpc) is 2.56. The quantitative estimate of drug-likeness (QED) is 0.747. The van der Waals surface area contributed by atoms with Crippen molar-refractivity contribution in [3.8, 4) is 0 Å². The molecule has 4 heteroatoms. The fraction of sp³-hybridized carbons (Fsp3) is 0.273. The smallest absolute Gasteiger partial charge is 0.257 e. The Bertz CT molecular complexity index is 504. The highest BCUT2D eigenvalue weighted by molar-refractivity contribution is 7.99. The summed E-state index contributed by atoms with van der Waals surface area (Å²) >= 11 is 1.33. The largest absolute Gasteiger partial charge is 0.431 e. The van der Waals surface area contributed by atoms with Crippen molar-refractivity contribution < 1.29 is 9.21 Å². The number of thioether (sulfide) groups is 1. The maximum atomic E-state index is 10.8. The molecule has 1 aromatic carbocycles. The van der Waals surface area contributed by atoms with Crippen LogP contribution in [0.15, 0.2) is 27.8 Å². The molecule has 0 fully saturated rings. The van der Waals surface area contributed by atoms with Gasteiger partial charge >= 0.3 is 0 Å². The standard InChI is InChI=1S/C11H11NO2S/c1-7-3-4-10-9(5-7)12-11(14-10)15-6-8(2)13/h3-5H,6H2,1-2H3. The van der Waals surface area contributed by atoms with Crippen LogP contribution in [0, 0.1) is 6.92 Å². The SMILES string of the molecule is CC(=O)CSc1nc2cc(C)ccc2o1. The summed E-state index contributed by atoms with van der Waals surface area (Å²) in [6, 6.07) is 5.85. The maximum Gasteiger partial charge on any atom is 0.257 e. The van der Waals surface area contributed by atoms with Crippen LogP contribution in [0.3, 0.4) is 0 Å². The second-order valence-corrected chi connectivity index (χ2v) is 4.37. The zero-order chi connectivity index (χ0) is 10.8. The summed E-state index contributed by atoms with van der Waals surface area (Å²) in [6.45, 7) is 3.57. The first-order valence-corrected chi connectivity index (χ1v) is 5.63. The first kappa shape index (κ1) is 10.2. The van der Waals surface area contributed by atoms with E-state index < -0.39 is 0 Å². The fourth-order valence-corrected chi connectivity index (χ4v) is 1.88. The topological polar surface area (TPSA) is 43.1 Å². The summed E-state index contributed by atoms with van der Waals surface area (Å²) in [5.74, 6) is 0.532. The third-order valence-electron chi connectivity index (χ3n) is 1.92. The third-order valence-corrected chi connectivity index (χ3v) is 2.89. The van der Waals surface area contributed by atoms with Gasteiger partial charge in [-0.2, -0.15) is 0 Å². The second kappa shape index (κ2) is 4.06. The molecule has 2 aromatic rings. The molecule has 0 aliphatic rings. The molecule has 0 saturated carbocycles. The van der Waals surface area contributed by atoms with E-state index in [9.17, 15) is 4.79 Å². The Hall–Kier alpha value is -1.29. The third kappa shape index (κ3) is 2.39. The normalized spacial score (nSPS) is 10.8. The number of carbonyl (C=O) groups is 1. The molecule has 1 aromatic heterocycles. The van der Waals surface area contributed by atoms with Crippen LogP contribution < -0.4 is 0 Å². The molecule has 0 saturated heterocycles. The highest BCUT2D eigenvalue weighted by Crippen LogP contribution is 2.23. The number of aromatic nitrogens is 1. The van der Waals surface area contributed by atoms with Crippen molar-refractivity contribution in [1.82, 2.24) is 4.98 Å². The molecule has 0 aliphatic carbocycles. The van der Waals surface area contributed by atoms with E-state index in [0.717, 1.165) is 16.7 Å². The number of oxazole rings is 1. The molecule has 2 rings (SSSR count). The van der Waals surface area contributed by atoms with Crippen molar-refractivity contribution in [3.05, 3.63) is 23.8 Å². The van der Waals surface area contributed by atoms with Crippen molar-refractivity contribution in [1.29, 1.82) is 0 Å². The van der Waals surface area contributed by atoms with E-state index in [2.05, 4.69) is 4.98 Å². The minimum atomic E-state index is 0.124. The summed E-state index contributed by atoms with van der Waals surface area (Å²) < 4.78 is 5.47. The summed E-state index contributed by atoms with van der Waals surface area (Å²) in [6.07, 6.45) is 0. The van der Waals surface area contributed by atoms with Crippen LogP contribution in [0.1, 0.15) is 12.5 Å². The van der Waals surface area contributed by atoms with E-state index in [4.69, 9.17) is 4.42 Å². The molecule has 0 atom stereocenters. The number of nitrogens with zero attached hydrogens (tertiary/aromatic N) is 1. The monoisotopic (exact) mass is 221 g/mol. The number of fused-ring (bicyclic) bond motifs is 1. The fourth-order valence-electron chi connectivity index (χ4n) is 1.24. The van der Waals surface area contributed by atoms with E-state index in [-0.39, 0.29) is 5.78 Å². The zero-order valence-electron chi connectivity index (χ0n) is 8.61. The van der Waals surface area contributed by atoms with Gasteiger partial charge in [-0.25, -0.2) is 4.98 Å². The number of benzene rings is 1. The molecule has 0 bridgehead atoms. The van der Waals surface area contributed by atoms with E-state index in [0.29, 0.717) is 11.0 Å². The molecule has 0 N–H and O–H groups in total. The Labute approximate surface area is 91.9 Å². The van der Waals surface area contributed by atoms with Crippen LogP contribution in [-0.4, -0.2) is 16.5 Å². The Morgan fingerprint density at radius 3 is 3.07 bits per heavy atom. The molecule has 0 amide bonds. The highest BCUT2D eigenvalue weighted by Gasteiger charge is 2.06. The number of hydrogen-bond donors (Lipinski definition) is 0. The molecule has 0 spiro atoms. The van der Waals surface area contributed by atoms with Crippen LogP contribution in [0.2, 0.25) is 0 Å². The molecule has 0 aliphatic heterocycles. The van der Waals surface area contributed by atoms with Gasteiger partial charge in [-0.3, -0.25) is 4.79 Å². The molecular formula is C11H11NO2S. The summed E-state index contributed by atoms with van der Waals surface area (Å²) in [4.78, 5) is 15.1. The highest BCUT2D eigenvalue weighted by atomic mass is 32.2. The first-order chi connectivity index (χ1) is 7.15. The average molecular weight is 221 g/mol. The van der Waals surface area contributed by atoms with Crippen molar-refractivity contribution in [2.45, 2.75) is 19.1 Å². The lowest BCUT2D eigenvalue weighted by Gasteiger charge is -1.89. The van der Waals surface area contributed by atoms with Crippen LogP contribution in [0.25, 0.3) is 11.1 Å². The number of ketones is 1. The molecule has 0 radical (unpaired) electrons. The lowest BCUT2D eigenvalue weighted by molar-refractivity contribution is -0.114. The summed E-state index contributed by atoms with van der Waals surface area (Å²) in [7, 11) is 0. The summed E-state index contributed by atoms with van der Waals surface area (Å²) in [5, 5.41) is 0.561. The second-order valence-electron chi connectivity index (χ2n) is 3.44. The van der Waals surface area contributed by atoms with Gasteiger partial charge < -0.3 is 4.42 Å². The number of carbonyl (C=O) groups excluding carboxylic acids is 1. The Balaban J connectivity index is 2.27. The Morgan fingerprint density at radius 1 is 1.53 bits per heavy atom. The van der Waals surface area contributed by atoms with E-state index in [1.54, 1.807) is 6.92 Å². The number of rotatable bonds is 3. The van der Waals surface area contributed by atoms with Gasteiger partial charge in [0, 0.05) is 0 Å². The van der Waals surface area contributed by atoms with Crippen molar-refractivity contribution in [3.63, 3.8) is 0 Å². The van der Waals surface area contributed by atoms with Crippen LogP contribution >= 0.6 is 11.8 Å². The van der Waals surface area contributed by atoms with Crippen LogP contribution in [-0.2, 0) is 4.79 Å². The number of Topliss-reactive ketones (excluding diaryl/α,β-unsaturated/α-hetero) is 1. The maximum absolute atomic E-state index is 10.8. The van der Waals surface area contributed by atoms with E-state index in [1.165, 1.54) is 11.8 Å². The lowest BCUT2D eigenvalue weighted by atomic mass is 10.2. The first-order valence-electron chi connectivity index (χ1n) is 4.64. The Kier molecular flexibility index (Phi) is 2.77. The van der Waals surface area contributed by atoms with Gasteiger partial charge in [0.1, 0.15) is 11.3 Å². The van der Waals surface area contributed by atoms with Crippen molar-refractivity contribution in [2.24, 2.45) is 0 Å². The van der Waals surface area contributed by atoms with Crippen LogP contribution in [0.4, 0.5) is 0 Å². The van der Waals surface area contributed by atoms with Crippen molar-refractivity contribution >= 4 is 28.6 Å². The van der Waals surface area contributed by atoms with E-state index in [1.807, 2.05) is 25.1 Å². The van der Waals surface area contributed by atoms with Gasteiger partial charge in [-0.05, 0) is 31.5 Å². The van der Waals surface area contributed by atoms with Gasteiger partial charge in [0.15, 0.2) is 5.58 Å². The number of aryl methyl sites for hydroxylation is 1. The predicted molar refractivity (Wildman–Crippen MR) is 60.2 cm³/mol. The minimum absolute atomic E-state index is 0.124. The van der Waals surface area contributed by atoms with Gasteiger partial charge in [0.05, 0.1) is 5.75 Å². The van der Waals surface area contributed by atoms with Gasteiger partial charge in [0.2, 0.25) is 0 Å². The summed E-state index contributed by atoms with van der Waals surface area (Å²) in [5.41, 5.74) is 2.77. The van der Waals surface area contributed by atoms with Gasteiger partial charge in [-0.1, -0.05) is 17.8 Å². The van der Waals surface area contributed by atoms with E-state index >= 15 is 0 Å². The minimum Gasteiger partial charge on any atom is -0.431 e. The van der Waals surface area contributed by atoms with Gasteiger partial charge in [-0.15, -0.1) is 0 Å². The molecule has 15 heavy (non-hydrogen) atoms. The molecule has 1 heterocycles. The zero-order valence-corrected chi connectivity index (χ0v) is 9.43. The van der Waals surface area contributed by atoms with Crippen LogP contribution in [0.5, 0.6) is 0 Å². The van der Waals surface area contributed by atoms with Crippen molar-refractivity contribution in [2.75, 3.05) is 5.75 Å². The number of hydrogen-bond acceptors (Lipinski definition) is 4. The molecule has 78 valence electrons. The predicted octanol–water partition coefficient (Wildman–Crippen LogP) is 2.82. The lowest BCUT2D eigenvalue weighted by Crippen LogP contribution is -1.92.